The van der Waals surface area contributed by atoms with Crippen molar-refractivity contribution >= 4 is 5.97 Å². The molecule has 1 saturated carbocycles. The smallest absolute Gasteiger partial charge is 0.302 e. The van der Waals surface area contributed by atoms with Gasteiger partial charge in [-0.2, -0.15) is 0 Å². The van der Waals surface area contributed by atoms with Crippen LogP contribution in [0.4, 0.5) is 0 Å². The predicted octanol–water partition coefficient (Wildman–Crippen LogP) is 3.34. The minimum Gasteiger partial charge on any atom is -0.461 e. The van der Waals surface area contributed by atoms with Gasteiger partial charge < -0.3 is 9.47 Å². The summed E-state index contributed by atoms with van der Waals surface area (Å²) in [6.45, 7) is 8.86. The number of ether oxygens (including phenoxy) is 2. The van der Waals surface area contributed by atoms with Crippen LogP contribution in [-0.2, 0) is 14.3 Å². The van der Waals surface area contributed by atoms with Gasteiger partial charge in [-0.05, 0) is 55.4 Å². The minimum absolute atomic E-state index is 0.137. The molecule has 0 aromatic carbocycles. The fourth-order valence-corrected chi connectivity index (χ4v) is 4.41. The lowest BCUT2D eigenvalue weighted by Crippen LogP contribution is -2.41. The number of esters is 1. The molecular formula is C17H26O3. The molecule has 3 aliphatic rings. The van der Waals surface area contributed by atoms with Gasteiger partial charge in [0.1, 0.15) is 6.61 Å². The van der Waals surface area contributed by atoms with Crippen molar-refractivity contribution in [1.29, 1.82) is 0 Å². The first-order valence-electron chi connectivity index (χ1n) is 7.92. The van der Waals surface area contributed by atoms with Crippen LogP contribution < -0.4 is 0 Å². The molecule has 2 fully saturated rings. The zero-order valence-corrected chi connectivity index (χ0v) is 13.0. The molecule has 3 nitrogen and oxygen atoms in total. The van der Waals surface area contributed by atoms with Gasteiger partial charge in [0.25, 0.3) is 0 Å². The lowest BCUT2D eigenvalue weighted by atomic mass is 9.60. The Kier molecular flexibility index (Phi) is 3.44. The third-order valence-electron chi connectivity index (χ3n) is 5.63. The van der Waals surface area contributed by atoms with Crippen LogP contribution in [0.3, 0.4) is 0 Å². The van der Waals surface area contributed by atoms with E-state index in [-0.39, 0.29) is 11.6 Å². The highest BCUT2D eigenvalue weighted by molar-refractivity contribution is 5.66. The zero-order valence-electron chi connectivity index (χ0n) is 13.0. The Morgan fingerprint density at radius 2 is 2.30 bits per heavy atom. The minimum atomic E-state index is -0.184. The molecular weight excluding hydrogens is 252 g/mol. The number of fused-ring (bicyclic) bond motifs is 3. The average molecular weight is 278 g/mol. The first-order chi connectivity index (χ1) is 9.42. The molecule has 0 radical (unpaired) electrons. The van der Waals surface area contributed by atoms with E-state index >= 15 is 0 Å². The Morgan fingerprint density at radius 1 is 1.55 bits per heavy atom. The summed E-state index contributed by atoms with van der Waals surface area (Å²) in [7, 11) is 0. The molecule has 1 aliphatic heterocycles. The van der Waals surface area contributed by atoms with Crippen molar-refractivity contribution in [3.05, 3.63) is 11.6 Å². The van der Waals surface area contributed by atoms with Crippen molar-refractivity contribution in [2.75, 3.05) is 6.61 Å². The molecule has 5 atom stereocenters. The van der Waals surface area contributed by atoms with Crippen LogP contribution in [0.15, 0.2) is 11.6 Å². The third-order valence-corrected chi connectivity index (χ3v) is 5.63. The van der Waals surface area contributed by atoms with E-state index in [1.807, 2.05) is 0 Å². The quantitative estimate of drug-likeness (QED) is 0.451. The number of allylic oxidation sites excluding steroid dienone is 1. The normalized spacial score (nSPS) is 42.5. The Labute approximate surface area is 121 Å². The van der Waals surface area contributed by atoms with E-state index in [4.69, 9.17) is 9.47 Å². The molecule has 0 bridgehead atoms. The van der Waals surface area contributed by atoms with E-state index < -0.39 is 0 Å². The van der Waals surface area contributed by atoms with E-state index in [1.54, 1.807) is 0 Å². The number of rotatable bonds is 3. The second-order valence-corrected chi connectivity index (χ2v) is 7.28. The van der Waals surface area contributed by atoms with Gasteiger partial charge in [0.15, 0.2) is 0 Å². The molecule has 2 aliphatic carbocycles. The molecule has 0 aromatic rings. The van der Waals surface area contributed by atoms with Gasteiger partial charge >= 0.3 is 5.97 Å². The summed E-state index contributed by atoms with van der Waals surface area (Å²) in [4.78, 5) is 11.1. The molecule has 3 heteroatoms. The highest BCUT2D eigenvalue weighted by Gasteiger charge is 2.63. The van der Waals surface area contributed by atoms with Crippen molar-refractivity contribution < 1.29 is 14.3 Å². The van der Waals surface area contributed by atoms with Crippen molar-refractivity contribution in [2.24, 2.45) is 23.7 Å². The van der Waals surface area contributed by atoms with E-state index in [1.165, 1.54) is 18.9 Å². The highest BCUT2D eigenvalue weighted by atomic mass is 16.6. The molecule has 1 heterocycles. The third kappa shape index (κ3) is 2.30. The fraction of sp³-hybridized carbons (Fsp3) is 0.824. The Balaban J connectivity index is 1.80. The van der Waals surface area contributed by atoms with Crippen LogP contribution in [0.1, 0.15) is 47.0 Å². The molecule has 112 valence electrons. The van der Waals surface area contributed by atoms with E-state index in [2.05, 4.69) is 26.8 Å². The average Bonchev–Trinajstić information content (AvgIpc) is 3.07. The van der Waals surface area contributed by atoms with Crippen LogP contribution in [0.2, 0.25) is 0 Å². The summed E-state index contributed by atoms with van der Waals surface area (Å²) < 4.78 is 11.3. The lowest BCUT2D eigenvalue weighted by molar-refractivity contribution is -0.140. The maximum Gasteiger partial charge on any atom is 0.302 e. The molecule has 0 N–H and O–H groups in total. The molecule has 0 amide bonds. The zero-order chi connectivity index (χ0) is 14.5. The van der Waals surface area contributed by atoms with Crippen LogP contribution in [0.5, 0.6) is 0 Å². The van der Waals surface area contributed by atoms with Gasteiger partial charge in [0.05, 0.1) is 11.7 Å². The summed E-state index contributed by atoms with van der Waals surface area (Å²) in [5.74, 6) is 2.37. The van der Waals surface area contributed by atoms with Gasteiger partial charge in [0.2, 0.25) is 0 Å². The second-order valence-electron chi connectivity index (χ2n) is 7.28. The number of hydrogen-bond donors (Lipinski definition) is 0. The summed E-state index contributed by atoms with van der Waals surface area (Å²) in [5.41, 5.74) is 1.47. The van der Waals surface area contributed by atoms with Gasteiger partial charge in [-0.1, -0.05) is 19.9 Å². The summed E-state index contributed by atoms with van der Waals surface area (Å²) in [6, 6.07) is 0. The summed E-state index contributed by atoms with van der Waals surface area (Å²) in [5, 5.41) is 0. The number of carbonyl (C=O) groups is 1. The maximum atomic E-state index is 11.1. The maximum absolute atomic E-state index is 11.1. The van der Waals surface area contributed by atoms with E-state index in [9.17, 15) is 4.79 Å². The Morgan fingerprint density at radius 3 is 2.95 bits per heavy atom. The standard InChI is InChI=1S/C17H26O3/c1-10(2)13-6-5-12(9-19-11(3)18)14-7-8-17(4)16(20-17)15(13)14/h5,10,13-16H,6-9H2,1-4H3/t13-,14+,15-,16+,17-/m1/s1. The Hall–Kier alpha value is -0.830. The molecule has 0 aromatic heterocycles. The largest absolute Gasteiger partial charge is 0.461 e. The van der Waals surface area contributed by atoms with Crippen LogP contribution in [-0.4, -0.2) is 24.3 Å². The molecule has 1 saturated heterocycles. The first-order valence-corrected chi connectivity index (χ1v) is 7.92. The summed E-state index contributed by atoms with van der Waals surface area (Å²) in [6.07, 6.45) is 6.18. The summed E-state index contributed by atoms with van der Waals surface area (Å²) >= 11 is 0. The topological polar surface area (TPSA) is 38.8 Å². The molecule has 3 rings (SSSR count). The fourth-order valence-electron chi connectivity index (χ4n) is 4.41. The van der Waals surface area contributed by atoms with Crippen molar-refractivity contribution in [3.8, 4) is 0 Å². The SMILES string of the molecule is CC(=O)OCC1=CC[C@H](C(C)C)[C@@H]2[C@H]1CC[C@@]1(C)O[C@@H]21. The molecule has 20 heavy (non-hydrogen) atoms. The van der Waals surface area contributed by atoms with Crippen molar-refractivity contribution in [2.45, 2.75) is 58.7 Å². The predicted molar refractivity (Wildman–Crippen MR) is 77.2 cm³/mol. The van der Waals surface area contributed by atoms with Crippen molar-refractivity contribution in [3.63, 3.8) is 0 Å². The van der Waals surface area contributed by atoms with E-state index in [0.717, 1.165) is 12.8 Å². The van der Waals surface area contributed by atoms with Gasteiger partial charge in [-0.25, -0.2) is 0 Å². The van der Waals surface area contributed by atoms with Crippen LogP contribution >= 0.6 is 0 Å². The number of carbonyl (C=O) groups excluding carboxylic acids is 1. The van der Waals surface area contributed by atoms with Gasteiger partial charge in [-0.3, -0.25) is 4.79 Å². The second kappa shape index (κ2) is 4.87. The Bertz CT molecular complexity index is 440. The molecule has 0 spiro atoms. The molecule has 0 unspecified atom stereocenters. The first kappa shape index (κ1) is 14.1. The van der Waals surface area contributed by atoms with Crippen LogP contribution in [0, 0.1) is 23.7 Å². The van der Waals surface area contributed by atoms with Gasteiger partial charge in [-0.15, -0.1) is 0 Å². The number of hydrogen-bond acceptors (Lipinski definition) is 3. The van der Waals surface area contributed by atoms with Crippen molar-refractivity contribution in [1.82, 2.24) is 0 Å². The van der Waals surface area contributed by atoms with Gasteiger partial charge in [0, 0.05) is 6.92 Å². The van der Waals surface area contributed by atoms with E-state index in [0.29, 0.717) is 36.4 Å². The lowest BCUT2D eigenvalue weighted by Gasteiger charge is -2.42. The number of epoxide rings is 1. The monoisotopic (exact) mass is 278 g/mol. The van der Waals surface area contributed by atoms with Crippen LogP contribution in [0.25, 0.3) is 0 Å². The highest BCUT2D eigenvalue weighted by Crippen LogP contribution is 2.59.